The van der Waals surface area contributed by atoms with Crippen molar-refractivity contribution in [3.63, 3.8) is 0 Å². The second kappa shape index (κ2) is 9.54. The average Bonchev–Trinajstić information content (AvgIpc) is 3.13. The van der Waals surface area contributed by atoms with E-state index >= 15 is 0 Å². The van der Waals surface area contributed by atoms with Crippen molar-refractivity contribution in [2.75, 3.05) is 33.4 Å². The zero-order valence-corrected chi connectivity index (χ0v) is 17.6. The lowest BCUT2D eigenvalue weighted by molar-refractivity contribution is 0.0499. The Morgan fingerprint density at radius 1 is 1.21 bits per heavy atom. The molecule has 1 N–H and O–H groups in total. The molecule has 1 aliphatic rings. The summed E-state index contributed by atoms with van der Waals surface area (Å²) in [5.41, 5.74) is 3.73. The highest BCUT2D eigenvalue weighted by molar-refractivity contribution is 5.36. The summed E-state index contributed by atoms with van der Waals surface area (Å²) in [6.45, 7) is 11.4. The van der Waals surface area contributed by atoms with Crippen LogP contribution in [0.1, 0.15) is 43.0 Å². The molecule has 1 atom stereocenters. The van der Waals surface area contributed by atoms with Crippen LogP contribution >= 0.6 is 0 Å². The van der Waals surface area contributed by atoms with Crippen molar-refractivity contribution in [1.82, 2.24) is 19.6 Å². The summed E-state index contributed by atoms with van der Waals surface area (Å²) in [5, 5.41) is 14.0. The summed E-state index contributed by atoms with van der Waals surface area (Å²) in [4.78, 5) is 4.99. The molecule has 0 saturated carbocycles. The third kappa shape index (κ3) is 5.13. The van der Waals surface area contributed by atoms with Crippen LogP contribution in [0.2, 0.25) is 0 Å². The summed E-state index contributed by atoms with van der Waals surface area (Å²) < 4.78 is 7.39. The summed E-state index contributed by atoms with van der Waals surface area (Å²) in [5.74, 6) is 0.933. The average molecular weight is 387 g/mol. The van der Waals surface area contributed by atoms with Gasteiger partial charge in [0.25, 0.3) is 0 Å². The van der Waals surface area contributed by atoms with Crippen LogP contribution < -0.4 is 4.74 Å². The van der Waals surface area contributed by atoms with E-state index in [2.05, 4.69) is 54.0 Å². The molecule has 1 aromatic carbocycles. The number of aromatic nitrogens is 2. The van der Waals surface area contributed by atoms with Crippen molar-refractivity contribution >= 4 is 0 Å². The van der Waals surface area contributed by atoms with Gasteiger partial charge >= 0.3 is 0 Å². The number of hydrogen-bond donors (Lipinski definition) is 1. The minimum atomic E-state index is 0.224. The van der Waals surface area contributed by atoms with E-state index in [1.807, 2.05) is 16.9 Å². The molecule has 154 valence electrons. The Morgan fingerprint density at radius 2 is 2.04 bits per heavy atom. The molecule has 0 radical (unpaired) electrons. The van der Waals surface area contributed by atoms with E-state index in [1.165, 1.54) is 16.7 Å². The van der Waals surface area contributed by atoms with E-state index < -0.39 is 0 Å². The monoisotopic (exact) mass is 386 g/mol. The summed E-state index contributed by atoms with van der Waals surface area (Å²) in [7, 11) is 1.71. The number of aliphatic hydroxyl groups is 1. The largest absolute Gasteiger partial charge is 0.496 e. The molecule has 1 aromatic heterocycles. The number of methoxy groups -OCH3 is 1. The number of rotatable bonds is 8. The highest BCUT2D eigenvalue weighted by Gasteiger charge is 2.27. The van der Waals surface area contributed by atoms with E-state index in [1.54, 1.807) is 7.11 Å². The zero-order chi connectivity index (χ0) is 20.1. The van der Waals surface area contributed by atoms with Crippen molar-refractivity contribution in [3.8, 4) is 5.75 Å². The quantitative estimate of drug-likeness (QED) is 0.756. The lowest BCUT2D eigenvalue weighted by atomic mass is 10.1. The third-order valence-electron chi connectivity index (χ3n) is 5.59. The molecule has 1 fully saturated rings. The fraction of sp³-hybridized carbons (Fsp3) is 0.591. The number of benzene rings is 1. The molecule has 6 heteroatoms. The molecule has 2 heterocycles. The molecule has 1 aliphatic heterocycles. The van der Waals surface area contributed by atoms with Gasteiger partial charge in [0.15, 0.2) is 0 Å². The van der Waals surface area contributed by atoms with Crippen LogP contribution in [0.3, 0.4) is 0 Å². The lowest BCUT2D eigenvalue weighted by Crippen LogP contribution is -2.52. The third-order valence-corrected chi connectivity index (χ3v) is 5.59. The Kier molecular flexibility index (Phi) is 7.10. The minimum absolute atomic E-state index is 0.224. The molecule has 0 amide bonds. The van der Waals surface area contributed by atoms with Gasteiger partial charge in [0.2, 0.25) is 0 Å². The second-order valence-corrected chi connectivity index (χ2v) is 8.10. The number of nitrogens with zero attached hydrogens (tertiary/aromatic N) is 4. The number of ether oxygens (including phenoxy) is 1. The Hall–Kier alpha value is -1.89. The molecule has 2 aromatic rings. The van der Waals surface area contributed by atoms with Crippen LogP contribution in [0.25, 0.3) is 0 Å². The zero-order valence-electron chi connectivity index (χ0n) is 17.6. The highest BCUT2D eigenvalue weighted by atomic mass is 16.5. The first-order valence-corrected chi connectivity index (χ1v) is 10.2. The molecular weight excluding hydrogens is 352 g/mol. The molecule has 6 nitrogen and oxygen atoms in total. The Balaban J connectivity index is 1.62. The van der Waals surface area contributed by atoms with Crippen molar-refractivity contribution in [2.45, 2.75) is 52.4 Å². The second-order valence-electron chi connectivity index (χ2n) is 8.10. The van der Waals surface area contributed by atoms with Gasteiger partial charge in [-0.1, -0.05) is 12.1 Å². The first kappa shape index (κ1) is 20.8. The van der Waals surface area contributed by atoms with E-state index in [4.69, 9.17) is 4.74 Å². The van der Waals surface area contributed by atoms with Crippen molar-refractivity contribution in [3.05, 3.63) is 47.3 Å². The van der Waals surface area contributed by atoms with Gasteiger partial charge in [-0.15, -0.1) is 0 Å². The molecule has 0 aliphatic carbocycles. The standard InChI is InChI=1S/C22H34N4O2/c1-17(2)26-15-20(12-23-26)13-24-8-9-25(21(16-24)7-10-27)14-19-5-6-22(28-4)18(3)11-19/h5-6,11-12,15,17,21,27H,7-10,13-14,16H2,1-4H3/t21-/m0/s1. The Bertz CT molecular complexity index is 759. The fourth-order valence-corrected chi connectivity index (χ4v) is 4.00. The van der Waals surface area contributed by atoms with Gasteiger partial charge in [-0.2, -0.15) is 5.10 Å². The van der Waals surface area contributed by atoms with Crippen LogP contribution in [0.5, 0.6) is 5.75 Å². The van der Waals surface area contributed by atoms with E-state index in [9.17, 15) is 5.11 Å². The minimum Gasteiger partial charge on any atom is -0.496 e. The maximum absolute atomic E-state index is 9.58. The van der Waals surface area contributed by atoms with Gasteiger partial charge in [0.1, 0.15) is 5.75 Å². The van der Waals surface area contributed by atoms with Crippen LogP contribution in [0, 0.1) is 6.92 Å². The van der Waals surface area contributed by atoms with Gasteiger partial charge in [-0.3, -0.25) is 14.5 Å². The maximum atomic E-state index is 9.58. The normalized spacial score (nSPS) is 18.7. The van der Waals surface area contributed by atoms with Gasteiger partial charge < -0.3 is 9.84 Å². The predicted octanol–water partition coefficient (Wildman–Crippen LogP) is 2.85. The summed E-state index contributed by atoms with van der Waals surface area (Å²) >= 11 is 0. The van der Waals surface area contributed by atoms with Crippen molar-refractivity contribution in [1.29, 1.82) is 0 Å². The highest BCUT2D eigenvalue weighted by Crippen LogP contribution is 2.22. The molecule has 0 bridgehead atoms. The summed E-state index contributed by atoms with van der Waals surface area (Å²) in [6, 6.07) is 7.16. The predicted molar refractivity (Wildman–Crippen MR) is 112 cm³/mol. The van der Waals surface area contributed by atoms with E-state index in [0.29, 0.717) is 12.1 Å². The molecular formula is C22H34N4O2. The van der Waals surface area contributed by atoms with E-state index in [-0.39, 0.29) is 6.61 Å². The van der Waals surface area contributed by atoms with Crippen LogP contribution in [-0.2, 0) is 13.1 Å². The van der Waals surface area contributed by atoms with E-state index in [0.717, 1.165) is 44.9 Å². The smallest absolute Gasteiger partial charge is 0.121 e. The molecule has 1 saturated heterocycles. The summed E-state index contributed by atoms with van der Waals surface area (Å²) in [6.07, 6.45) is 4.93. The molecule has 0 spiro atoms. The van der Waals surface area contributed by atoms with Crippen molar-refractivity contribution < 1.29 is 9.84 Å². The van der Waals surface area contributed by atoms with Crippen LogP contribution in [-0.4, -0.2) is 64.1 Å². The fourth-order valence-electron chi connectivity index (χ4n) is 4.00. The van der Waals surface area contributed by atoms with Gasteiger partial charge in [0.05, 0.1) is 13.3 Å². The molecule has 3 rings (SSSR count). The van der Waals surface area contributed by atoms with Gasteiger partial charge in [-0.25, -0.2) is 0 Å². The number of aryl methyl sites for hydroxylation is 1. The number of hydrogen-bond acceptors (Lipinski definition) is 5. The first-order chi connectivity index (χ1) is 13.5. The van der Waals surface area contributed by atoms with Crippen LogP contribution in [0.4, 0.5) is 0 Å². The topological polar surface area (TPSA) is 53.8 Å². The van der Waals surface area contributed by atoms with Crippen molar-refractivity contribution in [2.24, 2.45) is 0 Å². The Labute approximate surface area is 168 Å². The SMILES string of the molecule is COc1ccc(CN2CCN(Cc3cnn(C(C)C)c3)C[C@@H]2CCO)cc1C. The van der Waals surface area contributed by atoms with Gasteiger partial charge in [0, 0.05) is 63.2 Å². The molecule has 28 heavy (non-hydrogen) atoms. The number of aliphatic hydroxyl groups excluding tert-OH is 1. The maximum Gasteiger partial charge on any atom is 0.121 e. The lowest BCUT2D eigenvalue weighted by Gasteiger charge is -2.41. The van der Waals surface area contributed by atoms with Crippen LogP contribution in [0.15, 0.2) is 30.6 Å². The van der Waals surface area contributed by atoms with Gasteiger partial charge in [-0.05, 0) is 44.4 Å². The Morgan fingerprint density at radius 3 is 2.68 bits per heavy atom. The number of piperazine rings is 1. The first-order valence-electron chi connectivity index (χ1n) is 10.2. The molecule has 0 unspecified atom stereocenters.